The molecule has 0 spiro atoms. The molecule has 0 radical (unpaired) electrons. The third-order valence-corrected chi connectivity index (χ3v) is 20.9. The van der Waals surface area contributed by atoms with Gasteiger partial charge in [-0.25, -0.2) is 0 Å². The van der Waals surface area contributed by atoms with E-state index in [0.29, 0.717) is 0 Å². The molecule has 2 heterocycles. The van der Waals surface area contributed by atoms with Crippen molar-refractivity contribution < 1.29 is 8.83 Å². The monoisotopic (exact) mass is 1380 g/mol. The van der Waals surface area contributed by atoms with Gasteiger partial charge in [-0.3, -0.25) is 0 Å². The minimum Gasteiger partial charge on any atom is -0.455 e. The van der Waals surface area contributed by atoms with E-state index in [-0.39, 0.29) is 0 Å². The zero-order valence-electron chi connectivity index (χ0n) is 59.1. The molecule has 0 amide bonds. The number of rotatable bonds is 14. The molecule has 4 nitrogen and oxygen atoms in total. The third kappa shape index (κ3) is 12.6. The smallest absolute Gasteiger partial charge is 0.143 e. The van der Waals surface area contributed by atoms with Crippen molar-refractivity contribution in [1.82, 2.24) is 0 Å². The SMILES string of the molecule is c1ccc(-c2ccc(-c3ccc(N(c4ccccc4)c4ccc(-c5cc(-c6ccc7ccccc7c6)cc6c5oc5ccccc56)cc4)cc3)cc2)cc1.c1ccc(-c2ccc(N(c3ccc(-c4cc(-c5ccc6ccccc6c5)cc5c4oc4ccccc45)cc3)c3ccccc3-c3ccccc3)cc2)cc1. The summed E-state index contributed by atoms with van der Waals surface area (Å²) in [5, 5.41) is 9.42. The highest BCUT2D eigenvalue weighted by molar-refractivity contribution is 6.13. The van der Waals surface area contributed by atoms with Gasteiger partial charge in [0.05, 0.1) is 5.69 Å². The summed E-state index contributed by atoms with van der Waals surface area (Å²) in [7, 11) is 0. The highest BCUT2D eigenvalue weighted by Gasteiger charge is 2.22. The van der Waals surface area contributed by atoms with Crippen LogP contribution in [0.2, 0.25) is 0 Å². The van der Waals surface area contributed by atoms with E-state index in [9.17, 15) is 0 Å². The Labute approximate surface area is 627 Å². The average molecular weight is 1380 g/mol. The molecule has 20 aromatic rings. The Morgan fingerprint density at radius 2 is 0.454 bits per heavy atom. The quantitative estimate of drug-likeness (QED) is 0.109. The van der Waals surface area contributed by atoms with E-state index in [0.717, 1.165) is 106 Å². The van der Waals surface area contributed by atoms with Gasteiger partial charge in [-0.15, -0.1) is 0 Å². The summed E-state index contributed by atoms with van der Waals surface area (Å²) in [6, 6.07) is 152. The molecule has 0 saturated heterocycles. The van der Waals surface area contributed by atoms with Crippen LogP contribution in [0.25, 0.3) is 154 Å². The number of nitrogens with zero attached hydrogens (tertiary/aromatic N) is 2. The van der Waals surface area contributed by atoms with Crippen LogP contribution >= 0.6 is 0 Å². The van der Waals surface area contributed by atoms with Crippen molar-refractivity contribution in [2.24, 2.45) is 0 Å². The third-order valence-electron chi connectivity index (χ3n) is 20.9. The summed E-state index contributed by atoms with van der Waals surface area (Å²) in [5.74, 6) is 0. The van der Waals surface area contributed by atoms with Crippen LogP contribution < -0.4 is 9.80 Å². The van der Waals surface area contributed by atoms with Gasteiger partial charge in [0.15, 0.2) is 0 Å². The summed E-state index contributed by atoms with van der Waals surface area (Å²) >= 11 is 0. The number of hydrogen-bond acceptors (Lipinski definition) is 4. The Morgan fingerprint density at radius 3 is 0.889 bits per heavy atom. The van der Waals surface area contributed by atoms with Crippen LogP contribution in [-0.2, 0) is 0 Å². The van der Waals surface area contributed by atoms with E-state index in [1.54, 1.807) is 0 Å². The fourth-order valence-corrected chi connectivity index (χ4v) is 15.4. The van der Waals surface area contributed by atoms with Crippen molar-refractivity contribution in [3.8, 4) is 89.0 Å². The van der Waals surface area contributed by atoms with Crippen molar-refractivity contribution in [2.45, 2.75) is 0 Å². The van der Waals surface area contributed by atoms with Gasteiger partial charge in [0.2, 0.25) is 0 Å². The fourth-order valence-electron chi connectivity index (χ4n) is 15.4. The lowest BCUT2D eigenvalue weighted by Crippen LogP contribution is -2.11. The van der Waals surface area contributed by atoms with E-state index < -0.39 is 0 Å². The lowest BCUT2D eigenvalue weighted by molar-refractivity contribution is 0.669. The maximum Gasteiger partial charge on any atom is 0.143 e. The first-order chi connectivity index (χ1) is 53.5. The van der Waals surface area contributed by atoms with Gasteiger partial charge in [-0.1, -0.05) is 309 Å². The van der Waals surface area contributed by atoms with E-state index in [2.05, 4.69) is 422 Å². The molecule has 18 aromatic carbocycles. The second-order valence-electron chi connectivity index (χ2n) is 27.5. The van der Waals surface area contributed by atoms with Crippen molar-refractivity contribution in [3.63, 3.8) is 0 Å². The maximum absolute atomic E-state index is 6.62. The Morgan fingerprint density at radius 1 is 0.157 bits per heavy atom. The molecule has 20 rings (SSSR count). The van der Waals surface area contributed by atoms with Crippen molar-refractivity contribution in [1.29, 1.82) is 0 Å². The molecule has 4 heteroatoms. The molecule has 508 valence electrons. The van der Waals surface area contributed by atoms with Crippen LogP contribution in [0.5, 0.6) is 0 Å². The van der Waals surface area contributed by atoms with Gasteiger partial charge in [-0.2, -0.15) is 0 Å². The van der Waals surface area contributed by atoms with E-state index in [1.807, 2.05) is 12.1 Å². The second kappa shape index (κ2) is 28.4. The molecule has 0 bridgehead atoms. The highest BCUT2D eigenvalue weighted by Crippen LogP contribution is 2.47. The van der Waals surface area contributed by atoms with Gasteiger partial charge in [0.1, 0.15) is 22.3 Å². The minimum atomic E-state index is 0.892. The predicted octanol–water partition coefficient (Wildman–Crippen LogP) is 29.8. The lowest BCUT2D eigenvalue weighted by Gasteiger charge is -2.28. The topological polar surface area (TPSA) is 32.8 Å². The number of furan rings is 2. The van der Waals surface area contributed by atoms with Crippen LogP contribution in [0.15, 0.2) is 433 Å². The maximum atomic E-state index is 6.62. The van der Waals surface area contributed by atoms with E-state index >= 15 is 0 Å². The number of benzene rings is 18. The second-order valence-corrected chi connectivity index (χ2v) is 27.5. The molecule has 108 heavy (non-hydrogen) atoms. The molecule has 0 atom stereocenters. The largest absolute Gasteiger partial charge is 0.455 e. The number of fused-ring (bicyclic) bond motifs is 8. The van der Waals surface area contributed by atoms with Gasteiger partial charge >= 0.3 is 0 Å². The molecule has 0 saturated carbocycles. The number of anilines is 6. The van der Waals surface area contributed by atoms with Crippen LogP contribution in [-0.4, -0.2) is 0 Å². The molecular formula is C104H70N2O2. The average Bonchev–Trinajstić information content (AvgIpc) is 1.59. The highest BCUT2D eigenvalue weighted by atomic mass is 16.3. The molecule has 0 aliphatic rings. The summed E-state index contributed by atoms with van der Waals surface area (Å²) in [5.41, 5.74) is 28.7. The summed E-state index contributed by atoms with van der Waals surface area (Å²) in [6.45, 7) is 0. The van der Waals surface area contributed by atoms with E-state index in [1.165, 1.54) is 82.7 Å². The zero-order valence-corrected chi connectivity index (χ0v) is 59.1. The fraction of sp³-hybridized carbons (Fsp3) is 0. The van der Waals surface area contributed by atoms with Gasteiger partial charge in [0.25, 0.3) is 0 Å². The number of hydrogen-bond donors (Lipinski definition) is 0. The molecule has 0 N–H and O–H groups in total. The standard InChI is InChI=1S/2C52H35NO/c1-3-13-36(14-4-1)38-25-29-44(30-26-38)53(50-21-11-9-19-46(50)39-16-5-2-6-17-39)45-31-27-40(28-32-45)48-34-43(42-24-23-37-15-7-8-18-41(37)33-42)35-49-47-20-10-12-22-51(47)54-52(48)49;1-3-11-36(12-4-1)38-19-21-39(22-20-38)40-25-29-46(30-26-40)53(45-15-5-2-6-16-45)47-31-27-41(28-32-47)49-34-44(43-24-23-37-13-7-8-14-42(37)33-43)35-50-48-17-9-10-18-51(48)54-52(49)50/h2*1-35H. The van der Waals surface area contributed by atoms with Crippen molar-refractivity contribution in [3.05, 3.63) is 425 Å². The zero-order chi connectivity index (χ0) is 71.7. The summed E-state index contributed by atoms with van der Waals surface area (Å²) < 4.78 is 13.2. The van der Waals surface area contributed by atoms with E-state index in [4.69, 9.17) is 8.83 Å². The van der Waals surface area contributed by atoms with Crippen LogP contribution in [0.4, 0.5) is 34.1 Å². The predicted molar refractivity (Wildman–Crippen MR) is 455 cm³/mol. The normalized spacial score (nSPS) is 11.3. The molecule has 0 fully saturated rings. The molecule has 0 aliphatic heterocycles. The first-order valence-corrected chi connectivity index (χ1v) is 36.8. The Hall–Kier alpha value is -14.3. The Balaban J connectivity index is 0.000000147. The van der Waals surface area contributed by atoms with Crippen molar-refractivity contribution in [2.75, 3.05) is 9.80 Å². The molecule has 0 unspecified atom stereocenters. The summed E-state index contributed by atoms with van der Waals surface area (Å²) in [6.07, 6.45) is 0. The van der Waals surface area contributed by atoms with Crippen LogP contribution in [0.1, 0.15) is 0 Å². The summed E-state index contributed by atoms with van der Waals surface area (Å²) in [4.78, 5) is 4.68. The molecular weight excluding hydrogens is 1310 g/mol. The van der Waals surface area contributed by atoms with Crippen molar-refractivity contribution >= 4 is 99.5 Å². The van der Waals surface area contributed by atoms with Crippen LogP contribution in [0, 0.1) is 0 Å². The Bertz CT molecular complexity index is 6610. The first kappa shape index (κ1) is 64.5. The minimum absolute atomic E-state index is 0.892. The lowest BCUT2D eigenvalue weighted by atomic mass is 9.94. The first-order valence-electron chi connectivity index (χ1n) is 36.8. The molecule has 0 aliphatic carbocycles. The Kier molecular flexibility index (Phi) is 17.0. The van der Waals surface area contributed by atoms with Gasteiger partial charge in [-0.05, 0) is 209 Å². The van der Waals surface area contributed by atoms with Gasteiger partial charge in [0, 0.05) is 66.7 Å². The molecule has 2 aromatic heterocycles. The van der Waals surface area contributed by atoms with Crippen LogP contribution in [0.3, 0.4) is 0 Å². The number of para-hydroxylation sites is 4. The van der Waals surface area contributed by atoms with Gasteiger partial charge < -0.3 is 18.6 Å².